The van der Waals surface area contributed by atoms with E-state index in [0.717, 1.165) is 53.9 Å². The van der Waals surface area contributed by atoms with Crippen molar-refractivity contribution in [1.29, 1.82) is 0 Å². The Morgan fingerprint density at radius 1 is 0.310 bits per heavy atom. The molecule has 1 heterocycles. The molecule has 0 N–H and O–H groups in total. The van der Waals surface area contributed by atoms with Gasteiger partial charge in [-0.15, -0.1) is 0 Å². The second kappa shape index (κ2) is 14.7. The molecule has 58 heavy (non-hydrogen) atoms. The zero-order valence-corrected chi connectivity index (χ0v) is 32.8. The highest BCUT2D eigenvalue weighted by atomic mass is 16.3. The number of hydrogen-bond donors (Lipinski definition) is 0. The number of nitrogens with zero attached hydrogens (tertiary/aromatic N) is 1. The summed E-state index contributed by atoms with van der Waals surface area (Å²) in [6.07, 6.45) is 9.53. The molecule has 0 bridgehead atoms. The molecule has 0 saturated heterocycles. The maximum absolute atomic E-state index is 6.27. The first-order valence-corrected chi connectivity index (χ1v) is 21.1. The van der Waals surface area contributed by atoms with E-state index in [1.165, 1.54) is 81.0 Å². The van der Waals surface area contributed by atoms with Gasteiger partial charge in [-0.2, -0.15) is 0 Å². The maximum atomic E-state index is 6.27. The molecule has 0 unspecified atom stereocenters. The van der Waals surface area contributed by atoms with Gasteiger partial charge in [-0.3, -0.25) is 0 Å². The van der Waals surface area contributed by atoms with Crippen LogP contribution in [-0.2, 0) is 25.7 Å². The average molecular weight is 748 g/mol. The fourth-order valence-electron chi connectivity index (χ4n) is 9.95. The van der Waals surface area contributed by atoms with E-state index in [0.29, 0.717) is 0 Å². The summed E-state index contributed by atoms with van der Waals surface area (Å²) in [6, 6.07) is 64.2. The highest BCUT2D eigenvalue weighted by Gasteiger charge is 2.28. The van der Waals surface area contributed by atoms with E-state index in [2.05, 4.69) is 181 Å². The zero-order valence-electron chi connectivity index (χ0n) is 32.8. The third-order valence-corrected chi connectivity index (χ3v) is 12.7. The van der Waals surface area contributed by atoms with E-state index < -0.39 is 0 Å². The molecule has 0 radical (unpaired) electrons. The van der Waals surface area contributed by atoms with E-state index in [-0.39, 0.29) is 0 Å². The summed E-state index contributed by atoms with van der Waals surface area (Å²) in [5.41, 5.74) is 22.3. The standard InChI is InChI=1S/C56H45NO/c1-3-13-38(14-4-1)40-23-30-44(31-24-40)57(45-32-25-41(26-33-45)39-15-5-2-6-16-39)46-34-27-42(28-35-46)55-48-18-7-9-20-50(48)56(51-21-10-8-19-49(51)55)43-29-36-54-52(37-43)47-17-11-12-22-53(47)58-54/h1-6,11-17,22-37H,7-10,18-21H2. The fraction of sp³-hybridized carbons (Fsp3) is 0.143. The van der Waals surface area contributed by atoms with Crippen LogP contribution in [0.25, 0.3) is 66.4 Å². The first-order valence-electron chi connectivity index (χ1n) is 21.1. The molecular weight excluding hydrogens is 703 g/mol. The van der Waals surface area contributed by atoms with Crippen LogP contribution in [-0.4, -0.2) is 0 Å². The minimum absolute atomic E-state index is 0.962. The molecule has 0 atom stereocenters. The maximum Gasteiger partial charge on any atom is 0.135 e. The van der Waals surface area contributed by atoms with Gasteiger partial charge in [0.2, 0.25) is 0 Å². The second-order valence-electron chi connectivity index (χ2n) is 16.1. The number of benzene rings is 8. The Labute approximate surface area is 341 Å². The van der Waals surface area contributed by atoms with Crippen LogP contribution in [0.4, 0.5) is 17.1 Å². The van der Waals surface area contributed by atoms with Crippen LogP contribution < -0.4 is 4.90 Å². The Morgan fingerprint density at radius 3 is 1.19 bits per heavy atom. The number of fused-ring (bicyclic) bond motifs is 5. The Hall–Kier alpha value is -6.64. The van der Waals surface area contributed by atoms with Crippen LogP contribution in [0.15, 0.2) is 180 Å². The summed E-state index contributed by atoms with van der Waals surface area (Å²) >= 11 is 0. The predicted molar refractivity (Wildman–Crippen MR) is 243 cm³/mol. The van der Waals surface area contributed by atoms with Crippen LogP contribution in [0.2, 0.25) is 0 Å². The molecule has 2 aliphatic rings. The van der Waals surface area contributed by atoms with Gasteiger partial charge in [0.25, 0.3) is 0 Å². The van der Waals surface area contributed by atoms with Gasteiger partial charge in [0.1, 0.15) is 11.2 Å². The second-order valence-corrected chi connectivity index (χ2v) is 16.1. The van der Waals surface area contributed by atoms with Gasteiger partial charge in [0.15, 0.2) is 0 Å². The SMILES string of the molecule is c1ccc(-c2ccc(N(c3ccc(-c4ccccc4)cc3)c3ccc(-c4c5c(c(-c6ccc7oc8ccccc8c7c6)c6c4CCCC6)CCCC5)cc3)cc2)cc1. The Bertz CT molecular complexity index is 2780. The number of furan rings is 1. The van der Waals surface area contributed by atoms with E-state index in [9.17, 15) is 0 Å². The van der Waals surface area contributed by atoms with Gasteiger partial charge in [0, 0.05) is 27.8 Å². The van der Waals surface area contributed by atoms with Crippen molar-refractivity contribution >= 4 is 39.0 Å². The highest BCUT2D eigenvalue weighted by molar-refractivity contribution is 6.06. The lowest BCUT2D eigenvalue weighted by atomic mass is 9.73. The highest BCUT2D eigenvalue weighted by Crippen LogP contribution is 2.48. The molecule has 0 saturated carbocycles. The van der Waals surface area contributed by atoms with Crippen molar-refractivity contribution < 1.29 is 4.42 Å². The van der Waals surface area contributed by atoms with E-state index in [1.54, 1.807) is 22.3 Å². The van der Waals surface area contributed by atoms with Gasteiger partial charge in [-0.05, 0) is 173 Å². The van der Waals surface area contributed by atoms with Gasteiger partial charge in [-0.1, -0.05) is 121 Å². The van der Waals surface area contributed by atoms with Crippen molar-refractivity contribution in [3.05, 3.63) is 198 Å². The molecule has 2 nitrogen and oxygen atoms in total. The molecule has 0 aliphatic heterocycles. The van der Waals surface area contributed by atoms with Crippen LogP contribution in [0.5, 0.6) is 0 Å². The van der Waals surface area contributed by atoms with Crippen LogP contribution in [0.3, 0.4) is 0 Å². The molecule has 0 fully saturated rings. The normalized spacial score (nSPS) is 13.7. The third kappa shape index (κ3) is 6.12. The van der Waals surface area contributed by atoms with E-state index >= 15 is 0 Å². The van der Waals surface area contributed by atoms with Gasteiger partial charge in [0.05, 0.1) is 0 Å². The Balaban J connectivity index is 1.02. The molecule has 2 heteroatoms. The van der Waals surface area contributed by atoms with E-state index in [1.807, 2.05) is 0 Å². The van der Waals surface area contributed by atoms with Crippen molar-refractivity contribution in [3.63, 3.8) is 0 Å². The summed E-state index contributed by atoms with van der Waals surface area (Å²) in [6.45, 7) is 0. The molecule has 0 amide bonds. The molecule has 280 valence electrons. The molecular formula is C56H45NO. The smallest absolute Gasteiger partial charge is 0.135 e. The van der Waals surface area contributed by atoms with Crippen molar-refractivity contribution in [2.24, 2.45) is 0 Å². The lowest BCUT2D eigenvalue weighted by Crippen LogP contribution is -2.15. The number of hydrogen-bond acceptors (Lipinski definition) is 2. The molecule has 0 spiro atoms. The zero-order chi connectivity index (χ0) is 38.4. The lowest BCUT2D eigenvalue weighted by Gasteiger charge is -2.32. The molecule has 2 aliphatic carbocycles. The minimum Gasteiger partial charge on any atom is -0.456 e. The van der Waals surface area contributed by atoms with Crippen molar-refractivity contribution in [2.45, 2.75) is 51.4 Å². The first kappa shape index (κ1) is 34.6. The topological polar surface area (TPSA) is 16.4 Å². The lowest BCUT2D eigenvalue weighted by molar-refractivity contribution is 0.662. The van der Waals surface area contributed by atoms with Gasteiger partial charge < -0.3 is 9.32 Å². The number of anilines is 3. The fourth-order valence-corrected chi connectivity index (χ4v) is 9.95. The van der Waals surface area contributed by atoms with Gasteiger partial charge >= 0.3 is 0 Å². The number of rotatable bonds is 7. The van der Waals surface area contributed by atoms with Gasteiger partial charge in [-0.25, -0.2) is 0 Å². The minimum atomic E-state index is 0.962. The molecule has 9 aromatic rings. The number of para-hydroxylation sites is 1. The van der Waals surface area contributed by atoms with Crippen LogP contribution in [0.1, 0.15) is 47.9 Å². The van der Waals surface area contributed by atoms with Crippen LogP contribution >= 0.6 is 0 Å². The Kier molecular flexibility index (Phi) is 8.77. The molecule has 1 aromatic heterocycles. The van der Waals surface area contributed by atoms with Crippen molar-refractivity contribution in [2.75, 3.05) is 4.90 Å². The Morgan fingerprint density at radius 2 is 0.690 bits per heavy atom. The molecule has 11 rings (SSSR count). The van der Waals surface area contributed by atoms with E-state index in [4.69, 9.17) is 4.42 Å². The summed E-state index contributed by atoms with van der Waals surface area (Å²) in [4.78, 5) is 2.40. The summed E-state index contributed by atoms with van der Waals surface area (Å²) in [5, 5.41) is 2.42. The van der Waals surface area contributed by atoms with Crippen molar-refractivity contribution in [3.8, 4) is 44.5 Å². The largest absolute Gasteiger partial charge is 0.456 e. The first-order chi connectivity index (χ1) is 28.8. The quantitative estimate of drug-likeness (QED) is 0.161. The third-order valence-electron chi connectivity index (χ3n) is 12.7. The summed E-state index contributed by atoms with van der Waals surface area (Å²) in [7, 11) is 0. The van der Waals surface area contributed by atoms with Crippen LogP contribution in [0, 0.1) is 0 Å². The summed E-state index contributed by atoms with van der Waals surface area (Å²) < 4.78 is 6.27. The monoisotopic (exact) mass is 747 g/mol. The molecule has 8 aromatic carbocycles. The average Bonchev–Trinajstić information content (AvgIpc) is 3.68. The van der Waals surface area contributed by atoms with Crippen molar-refractivity contribution in [1.82, 2.24) is 0 Å². The predicted octanol–water partition coefficient (Wildman–Crippen LogP) is 15.5. The summed E-state index contributed by atoms with van der Waals surface area (Å²) in [5.74, 6) is 0.